The number of hydrogen-bond acceptors (Lipinski definition) is 4. The second-order valence-corrected chi connectivity index (χ2v) is 6.79. The number of carbonyl (C=O) groups excluding carboxylic acids is 1. The van der Waals surface area contributed by atoms with Crippen LogP contribution in [0.15, 0.2) is 0 Å². The Hall–Kier alpha value is -1.33. The predicted molar refractivity (Wildman–Crippen MR) is 80.9 cm³/mol. The van der Waals surface area contributed by atoms with Crippen LogP contribution in [0.1, 0.15) is 66.2 Å². The van der Waals surface area contributed by atoms with Crippen molar-refractivity contribution in [1.29, 1.82) is 0 Å². The van der Waals surface area contributed by atoms with E-state index in [1.165, 1.54) is 0 Å². The summed E-state index contributed by atoms with van der Waals surface area (Å²) in [6.07, 6.45) is 4.50. The fraction of sp³-hybridized carbons (Fsp3) is 0.933. The maximum Gasteiger partial charge on any atom is 0.410 e. The van der Waals surface area contributed by atoms with Gasteiger partial charge in [0.05, 0.1) is 0 Å². The van der Waals surface area contributed by atoms with Crippen LogP contribution >= 0.6 is 0 Å². The summed E-state index contributed by atoms with van der Waals surface area (Å²) in [5, 5.41) is 11.0. The van der Waals surface area contributed by atoms with Crippen molar-refractivity contribution in [3.63, 3.8) is 0 Å². The lowest BCUT2D eigenvalue weighted by Gasteiger charge is -2.37. The van der Waals surface area contributed by atoms with E-state index in [4.69, 9.17) is 4.74 Å². The largest absolute Gasteiger partial charge is 0.444 e. The van der Waals surface area contributed by atoms with Gasteiger partial charge < -0.3 is 9.64 Å². The molecule has 1 aliphatic heterocycles. The van der Waals surface area contributed by atoms with E-state index >= 15 is 0 Å². The van der Waals surface area contributed by atoms with Crippen molar-refractivity contribution in [3.8, 4) is 0 Å². The molecule has 6 nitrogen and oxygen atoms in total. The van der Waals surface area contributed by atoms with Crippen molar-refractivity contribution in [2.75, 3.05) is 6.54 Å². The van der Waals surface area contributed by atoms with Gasteiger partial charge in [0.1, 0.15) is 5.60 Å². The lowest BCUT2D eigenvalue weighted by atomic mass is 9.94. The van der Waals surface area contributed by atoms with Gasteiger partial charge in [0.25, 0.3) is 0 Å². The summed E-state index contributed by atoms with van der Waals surface area (Å²) < 4.78 is 5.43. The molecule has 2 atom stereocenters. The normalized spacial score (nSPS) is 23.0. The molecule has 0 bridgehead atoms. The third kappa shape index (κ3) is 5.89. The zero-order valence-corrected chi connectivity index (χ0v) is 13.6. The lowest BCUT2D eigenvalue weighted by molar-refractivity contribution is -0.528. The molecule has 21 heavy (non-hydrogen) atoms. The van der Waals surface area contributed by atoms with Gasteiger partial charge in [-0.2, -0.15) is 0 Å². The number of nitrogens with zero attached hydrogens (tertiary/aromatic N) is 2. The van der Waals surface area contributed by atoms with Crippen molar-refractivity contribution < 1.29 is 14.5 Å². The van der Waals surface area contributed by atoms with Crippen molar-refractivity contribution in [2.24, 2.45) is 0 Å². The molecule has 1 aliphatic rings. The van der Waals surface area contributed by atoms with Gasteiger partial charge in [-0.15, -0.1) is 0 Å². The number of unbranched alkanes of at least 4 members (excludes halogenated alkanes) is 2. The first-order valence-electron chi connectivity index (χ1n) is 7.87. The summed E-state index contributed by atoms with van der Waals surface area (Å²) in [5.74, 6) is 0. The van der Waals surface area contributed by atoms with Gasteiger partial charge in [0.15, 0.2) is 0 Å². The molecule has 1 saturated heterocycles. The van der Waals surface area contributed by atoms with Crippen LogP contribution in [0.25, 0.3) is 0 Å². The van der Waals surface area contributed by atoms with E-state index in [0.29, 0.717) is 19.4 Å². The van der Waals surface area contributed by atoms with Crippen molar-refractivity contribution >= 4 is 6.09 Å². The molecule has 6 heteroatoms. The highest BCUT2D eigenvalue weighted by Crippen LogP contribution is 2.25. The molecular formula is C15H28N2O4. The third-order valence-electron chi connectivity index (χ3n) is 3.76. The first kappa shape index (κ1) is 17.7. The van der Waals surface area contributed by atoms with E-state index in [2.05, 4.69) is 6.92 Å². The minimum atomic E-state index is -0.537. The number of amides is 1. The van der Waals surface area contributed by atoms with Crippen LogP contribution in [0.5, 0.6) is 0 Å². The average molecular weight is 300 g/mol. The van der Waals surface area contributed by atoms with Crippen LogP contribution in [0.4, 0.5) is 4.79 Å². The molecule has 0 radical (unpaired) electrons. The van der Waals surface area contributed by atoms with Gasteiger partial charge in [-0.25, -0.2) is 4.79 Å². The highest BCUT2D eigenvalue weighted by atomic mass is 16.6. The van der Waals surface area contributed by atoms with E-state index in [9.17, 15) is 14.9 Å². The Labute approximate surface area is 127 Å². The van der Waals surface area contributed by atoms with Crippen LogP contribution in [0.2, 0.25) is 0 Å². The van der Waals surface area contributed by atoms with Crippen LogP contribution in [0, 0.1) is 10.1 Å². The summed E-state index contributed by atoms with van der Waals surface area (Å²) >= 11 is 0. The number of ether oxygens (including phenoxy) is 1. The summed E-state index contributed by atoms with van der Waals surface area (Å²) in [6.45, 7) is 8.03. The Kier molecular flexibility index (Phi) is 6.42. The van der Waals surface area contributed by atoms with E-state index in [0.717, 1.165) is 25.7 Å². The topological polar surface area (TPSA) is 72.7 Å². The first-order chi connectivity index (χ1) is 9.74. The zero-order valence-electron chi connectivity index (χ0n) is 13.6. The van der Waals surface area contributed by atoms with E-state index in [1.54, 1.807) is 4.90 Å². The quantitative estimate of drug-likeness (QED) is 0.441. The number of piperidine rings is 1. The second-order valence-electron chi connectivity index (χ2n) is 6.79. The first-order valence-corrected chi connectivity index (χ1v) is 7.87. The predicted octanol–water partition coefficient (Wildman–Crippen LogP) is 3.61. The molecule has 0 aromatic heterocycles. The number of nitro groups is 1. The standard InChI is InChI=1S/C15H28N2O4/c1-5-6-7-8-12-11-13(17(19)20)9-10-16(12)14(18)21-15(2,3)4/h12-13H,5-11H2,1-4H3. The second kappa shape index (κ2) is 7.61. The van der Waals surface area contributed by atoms with E-state index < -0.39 is 11.6 Å². The summed E-state index contributed by atoms with van der Waals surface area (Å²) in [5.41, 5.74) is -0.537. The Morgan fingerprint density at radius 1 is 1.38 bits per heavy atom. The lowest BCUT2D eigenvalue weighted by Crippen LogP contribution is -2.50. The summed E-state index contributed by atoms with van der Waals surface area (Å²) in [7, 11) is 0. The van der Waals surface area contributed by atoms with Crippen LogP contribution in [-0.4, -0.2) is 40.1 Å². The third-order valence-corrected chi connectivity index (χ3v) is 3.76. The molecule has 1 fully saturated rings. The average Bonchev–Trinajstić information content (AvgIpc) is 2.36. The molecule has 0 aromatic carbocycles. The van der Waals surface area contributed by atoms with E-state index in [1.807, 2.05) is 20.8 Å². The smallest absolute Gasteiger partial charge is 0.410 e. The van der Waals surface area contributed by atoms with Gasteiger partial charge in [0.2, 0.25) is 6.04 Å². The van der Waals surface area contributed by atoms with Crippen LogP contribution in [0.3, 0.4) is 0 Å². The Morgan fingerprint density at radius 2 is 2.05 bits per heavy atom. The van der Waals surface area contributed by atoms with E-state index in [-0.39, 0.29) is 17.1 Å². The highest BCUT2D eigenvalue weighted by Gasteiger charge is 2.38. The Bertz CT molecular complexity index is 365. The Balaban J connectivity index is 2.69. The van der Waals surface area contributed by atoms with Crippen molar-refractivity contribution in [3.05, 3.63) is 10.1 Å². The number of carbonyl (C=O) groups is 1. The SMILES string of the molecule is CCCCCC1CC([N+](=O)[O-])CCN1C(=O)OC(C)(C)C. The molecule has 0 N–H and O–H groups in total. The molecule has 1 rings (SSSR count). The minimum absolute atomic E-state index is 0.0736. The molecular weight excluding hydrogens is 272 g/mol. The monoisotopic (exact) mass is 300 g/mol. The molecule has 122 valence electrons. The van der Waals surface area contributed by atoms with Gasteiger partial charge in [-0.1, -0.05) is 26.2 Å². The van der Waals surface area contributed by atoms with Gasteiger partial charge in [-0.3, -0.25) is 10.1 Å². The molecule has 0 aliphatic carbocycles. The Morgan fingerprint density at radius 3 is 2.57 bits per heavy atom. The van der Waals surface area contributed by atoms with Gasteiger partial charge in [-0.05, 0) is 27.2 Å². The molecule has 2 unspecified atom stereocenters. The molecule has 1 amide bonds. The maximum absolute atomic E-state index is 12.3. The number of hydrogen-bond donors (Lipinski definition) is 0. The fourth-order valence-corrected chi connectivity index (χ4v) is 2.69. The molecule has 0 aromatic rings. The van der Waals surface area contributed by atoms with Crippen molar-refractivity contribution in [2.45, 2.75) is 83.9 Å². The summed E-state index contributed by atoms with van der Waals surface area (Å²) in [6, 6.07) is -0.606. The molecule has 1 heterocycles. The van der Waals surface area contributed by atoms with Crippen LogP contribution in [-0.2, 0) is 4.74 Å². The number of rotatable bonds is 5. The number of likely N-dealkylation sites (tertiary alicyclic amines) is 1. The van der Waals surface area contributed by atoms with Crippen LogP contribution < -0.4 is 0 Å². The van der Waals surface area contributed by atoms with Gasteiger partial charge in [0, 0.05) is 30.4 Å². The highest BCUT2D eigenvalue weighted by molar-refractivity contribution is 5.68. The maximum atomic E-state index is 12.3. The fourth-order valence-electron chi connectivity index (χ4n) is 2.69. The molecule has 0 spiro atoms. The minimum Gasteiger partial charge on any atom is -0.444 e. The van der Waals surface area contributed by atoms with Gasteiger partial charge >= 0.3 is 6.09 Å². The summed E-state index contributed by atoms with van der Waals surface area (Å²) in [4.78, 5) is 24.8. The zero-order chi connectivity index (χ0) is 16.0. The molecule has 0 saturated carbocycles. The van der Waals surface area contributed by atoms with Crippen molar-refractivity contribution in [1.82, 2.24) is 4.90 Å².